The number of hydrogen-bond acceptors (Lipinski definition) is 4. The number of aromatic nitrogens is 1. The van der Waals surface area contributed by atoms with Gasteiger partial charge < -0.3 is 9.32 Å². The van der Waals surface area contributed by atoms with Gasteiger partial charge in [0.25, 0.3) is 0 Å². The molecule has 1 heterocycles. The topological polar surface area (TPSA) is 46.3 Å². The van der Waals surface area contributed by atoms with E-state index in [-0.39, 0.29) is 5.43 Å². The van der Waals surface area contributed by atoms with Gasteiger partial charge in [-0.25, -0.2) is 4.98 Å². The summed E-state index contributed by atoms with van der Waals surface area (Å²) in [4.78, 5) is 18.9. The Morgan fingerprint density at radius 3 is 2.43 bits per heavy atom. The van der Waals surface area contributed by atoms with E-state index in [4.69, 9.17) is 4.42 Å². The van der Waals surface area contributed by atoms with E-state index in [1.54, 1.807) is 6.92 Å². The average Bonchev–Trinajstić information content (AvgIpc) is 2.48. The van der Waals surface area contributed by atoms with E-state index in [2.05, 4.69) is 4.98 Å². The number of nitrogens with zero attached hydrogens (tertiary/aromatic N) is 2. The average molecular weight is 282 g/mol. The van der Waals surface area contributed by atoms with Crippen LogP contribution in [0.15, 0.2) is 27.4 Å². The summed E-state index contributed by atoms with van der Waals surface area (Å²) in [5.74, 6) is 0.589. The van der Waals surface area contributed by atoms with Crippen LogP contribution >= 0.6 is 0 Å². The first kappa shape index (κ1) is 13.6. The lowest BCUT2D eigenvalue weighted by Crippen LogP contribution is -2.14. The molecule has 0 aromatic heterocycles. The third kappa shape index (κ3) is 1.98. The molecule has 0 fully saturated rings. The minimum atomic E-state index is 0.0358. The van der Waals surface area contributed by atoms with E-state index in [0.717, 1.165) is 28.0 Å². The standard InChI is InChI=1S/C17H18N2O2/c1-9-10(2)16(20)11(3)17-15(9)18-13-7-6-12(19(4)5)8-14(13)21-17/h6-8H,1-5H3. The molecular weight excluding hydrogens is 264 g/mol. The van der Waals surface area contributed by atoms with Crippen LogP contribution in [0.4, 0.5) is 5.69 Å². The molecule has 2 aliphatic rings. The summed E-state index contributed by atoms with van der Waals surface area (Å²) in [7, 11) is 3.95. The van der Waals surface area contributed by atoms with E-state index >= 15 is 0 Å². The third-order valence-corrected chi connectivity index (χ3v) is 4.06. The molecule has 0 saturated heterocycles. The summed E-state index contributed by atoms with van der Waals surface area (Å²) in [5, 5.41) is 0. The van der Waals surface area contributed by atoms with Gasteiger partial charge in [-0.2, -0.15) is 0 Å². The largest absolute Gasteiger partial charge is 0.452 e. The fourth-order valence-electron chi connectivity index (χ4n) is 2.53. The van der Waals surface area contributed by atoms with Gasteiger partial charge in [0.1, 0.15) is 11.2 Å². The van der Waals surface area contributed by atoms with Gasteiger partial charge in [-0.15, -0.1) is 0 Å². The lowest BCUT2D eigenvalue weighted by Gasteiger charge is -2.15. The number of benzene rings is 2. The molecule has 4 heteroatoms. The molecule has 3 rings (SSSR count). The summed E-state index contributed by atoms with van der Waals surface area (Å²) in [5.41, 5.74) is 5.60. The minimum absolute atomic E-state index is 0.0358. The molecule has 1 aromatic carbocycles. The Hall–Kier alpha value is -2.36. The van der Waals surface area contributed by atoms with E-state index in [1.807, 2.05) is 51.0 Å². The van der Waals surface area contributed by atoms with E-state index < -0.39 is 0 Å². The van der Waals surface area contributed by atoms with E-state index in [1.165, 1.54) is 0 Å². The normalized spacial score (nSPS) is 11.3. The summed E-state index contributed by atoms with van der Waals surface area (Å²) in [6.45, 7) is 5.55. The van der Waals surface area contributed by atoms with Crippen LogP contribution in [0.3, 0.4) is 0 Å². The number of hydrogen-bond donors (Lipinski definition) is 0. The van der Waals surface area contributed by atoms with Crippen molar-refractivity contribution in [3.05, 3.63) is 45.1 Å². The Labute approximate surface area is 123 Å². The highest BCUT2D eigenvalue weighted by molar-refractivity contribution is 5.81. The minimum Gasteiger partial charge on any atom is -0.452 e. The predicted octanol–water partition coefficient (Wildman–Crippen LogP) is 3.28. The first-order chi connectivity index (χ1) is 9.90. The van der Waals surface area contributed by atoms with Gasteiger partial charge in [-0.1, -0.05) is 0 Å². The maximum atomic E-state index is 12.2. The second-order valence-electron chi connectivity index (χ2n) is 5.64. The first-order valence-corrected chi connectivity index (χ1v) is 6.92. The van der Waals surface area contributed by atoms with Crippen molar-refractivity contribution in [2.24, 2.45) is 0 Å². The summed E-state index contributed by atoms with van der Waals surface area (Å²) >= 11 is 0. The van der Waals surface area contributed by atoms with Crippen molar-refractivity contribution in [3.8, 4) is 11.5 Å². The quantitative estimate of drug-likeness (QED) is 0.643. The smallest absolute Gasteiger partial charge is 0.188 e. The molecule has 1 aliphatic heterocycles. The zero-order valence-electron chi connectivity index (χ0n) is 12.9. The summed E-state index contributed by atoms with van der Waals surface area (Å²) in [6, 6.07) is 5.90. The van der Waals surface area contributed by atoms with Crippen molar-refractivity contribution < 1.29 is 4.42 Å². The van der Waals surface area contributed by atoms with Crippen LogP contribution in [0.25, 0.3) is 22.6 Å². The Morgan fingerprint density at radius 1 is 1.05 bits per heavy atom. The highest BCUT2D eigenvalue weighted by Gasteiger charge is 2.20. The van der Waals surface area contributed by atoms with Gasteiger partial charge >= 0.3 is 0 Å². The fourth-order valence-corrected chi connectivity index (χ4v) is 2.53. The molecule has 0 unspecified atom stereocenters. The molecule has 4 nitrogen and oxygen atoms in total. The van der Waals surface area contributed by atoms with Crippen LogP contribution in [-0.4, -0.2) is 19.1 Å². The number of anilines is 1. The van der Waals surface area contributed by atoms with Crippen LogP contribution in [-0.2, 0) is 0 Å². The first-order valence-electron chi connectivity index (χ1n) is 6.92. The molecule has 0 spiro atoms. The Bertz CT molecular complexity index is 878. The second kappa shape index (κ2) is 4.58. The zero-order valence-corrected chi connectivity index (χ0v) is 12.9. The van der Waals surface area contributed by atoms with Crippen molar-refractivity contribution in [2.75, 3.05) is 19.0 Å². The van der Waals surface area contributed by atoms with E-state index in [9.17, 15) is 4.79 Å². The third-order valence-electron chi connectivity index (χ3n) is 4.06. The van der Waals surface area contributed by atoms with Crippen LogP contribution in [0.2, 0.25) is 0 Å². The predicted molar refractivity (Wildman–Crippen MR) is 85.4 cm³/mol. The van der Waals surface area contributed by atoms with Gasteiger partial charge in [0.05, 0.1) is 0 Å². The van der Waals surface area contributed by atoms with E-state index in [0.29, 0.717) is 16.9 Å². The lowest BCUT2D eigenvalue weighted by molar-refractivity contribution is 0.606. The van der Waals surface area contributed by atoms with Gasteiger partial charge in [-0.05, 0) is 38.5 Å². The van der Waals surface area contributed by atoms with Gasteiger partial charge in [0.2, 0.25) is 0 Å². The fraction of sp³-hybridized carbons (Fsp3) is 0.294. The summed E-state index contributed by atoms with van der Waals surface area (Å²) < 4.78 is 6.00. The van der Waals surface area contributed by atoms with Crippen LogP contribution in [0.1, 0.15) is 16.7 Å². The molecule has 0 atom stereocenters. The lowest BCUT2D eigenvalue weighted by atomic mass is 9.99. The van der Waals surface area contributed by atoms with Gasteiger partial charge in [0.15, 0.2) is 16.8 Å². The van der Waals surface area contributed by atoms with Crippen LogP contribution in [0.5, 0.6) is 0 Å². The molecular formula is C17H18N2O2. The molecule has 0 N–H and O–H groups in total. The zero-order chi connectivity index (χ0) is 15.3. The molecule has 108 valence electrons. The highest BCUT2D eigenvalue weighted by atomic mass is 16.3. The molecule has 0 saturated carbocycles. The maximum Gasteiger partial charge on any atom is 0.188 e. The summed E-state index contributed by atoms with van der Waals surface area (Å²) in [6.07, 6.45) is 0. The SMILES string of the molecule is Cc1c2nc3ccc(N(C)C)cc3oc-2c(C)c(=O)c1C. The number of fused-ring (bicyclic) bond motifs is 2. The Balaban J connectivity index is 2.44. The number of rotatable bonds is 1. The molecule has 1 aromatic rings. The van der Waals surface area contributed by atoms with Gasteiger partial charge in [0, 0.05) is 37.0 Å². The maximum absolute atomic E-state index is 12.2. The van der Waals surface area contributed by atoms with Crippen molar-refractivity contribution in [2.45, 2.75) is 20.8 Å². The van der Waals surface area contributed by atoms with Gasteiger partial charge in [-0.3, -0.25) is 4.79 Å². The van der Waals surface area contributed by atoms with Crippen LogP contribution in [0, 0.1) is 20.8 Å². The molecule has 21 heavy (non-hydrogen) atoms. The highest BCUT2D eigenvalue weighted by Crippen LogP contribution is 2.31. The Kier molecular flexibility index (Phi) is 2.97. The molecule has 0 bridgehead atoms. The monoisotopic (exact) mass is 282 g/mol. The van der Waals surface area contributed by atoms with Crippen molar-refractivity contribution >= 4 is 16.8 Å². The van der Waals surface area contributed by atoms with Crippen LogP contribution < -0.4 is 10.3 Å². The van der Waals surface area contributed by atoms with Crippen molar-refractivity contribution in [3.63, 3.8) is 0 Å². The Morgan fingerprint density at radius 2 is 1.76 bits per heavy atom. The second-order valence-corrected chi connectivity index (χ2v) is 5.64. The molecule has 1 aliphatic carbocycles. The van der Waals surface area contributed by atoms with Crippen molar-refractivity contribution in [1.82, 2.24) is 4.98 Å². The van der Waals surface area contributed by atoms with Crippen molar-refractivity contribution in [1.29, 1.82) is 0 Å². The molecule has 0 amide bonds. The molecule has 0 radical (unpaired) electrons.